The second kappa shape index (κ2) is 9.05. The highest BCUT2D eigenvalue weighted by molar-refractivity contribution is 7.11. The number of aryl methyl sites for hydroxylation is 1. The lowest BCUT2D eigenvalue weighted by Gasteiger charge is -2.32. The van der Waals surface area contributed by atoms with Crippen molar-refractivity contribution in [1.29, 1.82) is 0 Å². The van der Waals surface area contributed by atoms with Crippen molar-refractivity contribution in [1.82, 2.24) is 19.9 Å². The number of thiophene rings is 1. The van der Waals surface area contributed by atoms with E-state index in [1.165, 1.54) is 16.0 Å². The fraction of sp³-hybridized carbons (Fsp3) is 0.304. The summed E-state index contributed by atoms with van der Waals surface area (Å²) < 4.78 is 5.98. The van der Waals surface area contributed by atoms with Gasteiger partial charge >= 0.3 is 6.01 Å². The molecule has 164 valence electrons. The highest BCUT2D eigenvalue weighted by Gasteiger charge is 2.20. The van der Waals surface area contributed by atoms with Crippen LogP contribution in [0.5, 0.6) is 11.8 Å². The molecule has 0 saturated carbocycles. The highest BCUT2D eigenvalue weighted by atomic mass is 32.1. The van der Waals surface area contributed by atoms with E-state index in [1.807, 2.05) is 37.3 Å². The Morgan fingerprint density at radius 3 is 2.56 bits per heavy atom. The molecular weight excluding hydrogens is 422 g/mol. The summed E-state index contributed by atoms with van der Waals surface area (Å²) in [6, 6.07) is 12.3. The number of piperazine rings is 1. The van der Waals surface area contributed by atoms with E-state index >= 15 is 0 Å². The Morgan fingerprint density at radius 2 is 1.81 bits per heavy atom. The minimum Gasteiger partial charge on any atom is -0.424 e. The number of amidine groups is 1. The summed E-state index contributed by atoms with van der Waals surface area (Å²) in [4.78, 5) is 24.1. The third kappa shape index (κ3) is 4.79. The van der Waals surface area contributed by atoms with Crippen LogP contribution < -0.4 is 15.0 Å². The van der Waals surface area contributed by atoms with Gasteiger partial charge in [0.05, 0.1) is 6.54 Å². The minimum atomic E-state index is 0.265. The molecule has 4 heterocycles. The maximum absolute atomic E-state index is 5.98. The molecule has 32 heavy (non-hydrogen) atoms. The number of likely N-dealkylation sites (N-methyl/N-ethyl adjacent to an activating group) is 1. The molecule has 8 nitrogen and oxygen atoms in total. The van der Waals surface area contributed by atoms with Crippen LogP contribution in [0.15, 0.2) is 52.8 Å². The number of nitrogens with zero attached hydrogens (tertiary/aromatic N) is 6. The molecule has 1 N–H and O–H groups in total. The fourth-order valence-electron chi connectivity index (χ4n) is 3.53. The first-order valence-corrected chi connectivity index (χ1v) is 11.5. The van der Waals surface area contributed by atoms with E-state index in [2.05, 4.69) is 59.6 Å². The van der Waals surface area contributed by atoms with Gasteiger partial charge < -0.3 is 19.9 Å². The number of rotatable bonds is 5. The van der Waals surface area contributed by atoms with Crippen LogP contribution in [0.25, 0.3) is 5.57 Å². The number of aliphatic imine (C=N–C) groups is 1. The third-order valence-corrected chi connectivity index (χ3v) is 6.37. The Labute approximate surface area is 191 Å². The molecule has 1 saturated heterocycles. The van der Waals surface area contributed by atoms with Gasteiger partial charge in [-0.1, -0.05) is 23.8 Å². The Kier molecular flexibility index (Phi) is 5.83. The first-order chi connectivity index (χ1) is 15.6. The van der Waals surface area contributed by atoms with Crippen molar-refractivity contribution < 1.29 is 4.74 Å². The monoisotopic (exact) mass is 447 g/mol. The summed E-state index contributed by atoms with van der Waals surface area (Å²) in [6.45, 7) is 6.32. The largest absolute Gasteiger partial charge is 0.424 e. The molecule has 3 aromatic rings. The number of hydrogen-bond acceptors (Lipinski definition) is 9. The van der Waals surface area contributed by atoms with E-state index in [9.17, 15) is 0 Å². The van der Waals surface area contributed by atoms with Crippen LogP contribution in [0.4, 0.5) is 11.9 Å². The number of nitrogens with one attached hydrogen (secondary N) is 1. The lowest BCUT2D eigenvalue weighted by molar-refractivity contribution is 0.310. The molecular formula is C23H25N7OS. The molecule has 2 aliphatic heterocycles. The van der Waals surface area contributed by atoms with Crippen molar-refractivity contribution in [3.8, 4) is 11.8 Å². The van der Waals surface area contributed by atoms with Crippen molar-refractivity contribution in [2.24, 2.45) is 4.99 Å². The van der Waals surface area contributed by atoms with Gasteiger partial charge in [0.2, 0.25) is 11.9 Å². The smallest absolute Gasteiger partial charge is 0.328 e. The zero-order valence-electron chi connectivity index (χ0n) is 18.2. The third-order valence-electron chi connectivity index (χ3n) is 5.43. The average molecular weight is 448 g/mol. The van der Waals surface area contributed by atoms with Crippen LogP contribution in [0.3, 0.4) is 0 Å². The number of hydrogen-bond donors (Lipinski definition) is 1. The van der Waals surface area contributed by atoms with E-state index in [4.69, 9.17) is 4.74 Å². The predicted molar refractivity (Wildman–Crippen MR) is 129 cm³/mol. The number of anilines is 2. The van der Waals surface area contributed by atoms with Gasteiger partial charge in [-0.3, -0.25) is 4.99 Å². The standard InChI is InChI=1S/C23H25N7OS/c1-16-5-7-18(8-6-16)31-23-27-21(26-22(28-23)30-11-9-29(2)10-12-30)25-20-14-17(15-24-20)19-4-3-13-32-19/h3-8,13-14H,9-12,15H2,1-2H3,(H,24,25,26,27,28). The molecule has 0 spiro atoms. The number of aromatic nitrogens is 3. The van der Waals surface area contributed by atoms with Crippen LogP contribution in [-0.4, -0.2) is 65.5 Å². The lowest BCUT2D eigenvalue weighted by atomic mass is 10.2. The predicted octanol–water partition coefficient (Wildman–Crippen LogP) is 3.69. The molecule has 0 amide bonds. The van der Waals surface area contributed by atoms with Gasteiger partial charge in [0.25, 0.3) is 0 Å². The van der Waals surface area contributed by atoms with Crippen LogP contribution >= 0.6 is 11.3 Å². The number of benzene rings is 1. The Balaban J connectivity index is 1.40. The van der Waals surface area contributed by atoms with Crippen molar-refractivity contribution >= 4 is 34.6 Å². The second-order valence-corrected chi connectivity index (χ2v) is 8.87. The molecule has 2 aliphatic rings. The zero-order chi connectivity index (χ0) is 21.9. The molecule has 5 rings (SSSR count). The van der Waals surface area contributed by atoms with Crippen molar-refractivity contribution in [2.75, 3.05) is 50.0 Å². The van der Waals surface area contributed by atoms with Gasteiger partial charge in [0.1, 0.15) is 11.6 Å². The van der Waals surface area contributed by atoms with E-state index in [0.717, 1.165) is 32.0 Å². The summed E-state index contributed by atoms with van der Waals surface area (Å²) in [6.07, 6.45) is 2.05. The molecule has 0 unspecified atom stereocenters. The maximum atomic E-state index is 5.98. The van der Waals surface area contributed by atoms with Gasteiger partial charge in [0, 0.05) is 31.1 Å². The maximum Gasteiger partial charge on any atom is 0.328 e. The van der Waals surface area contributed by atoms with Crippen LogP contribution in [-0.2, 0) is 0 Å². The van der Waals surface area contributed by atoms with E-state index < -0.39 is 0 Å². The van der Waals surface area contributed by atoms with Crippen LogP contribution in [0.2, 0.25) is 0 Å². The lowest BCUT2D eigenvalue weighted by Crippen LogP contribution is -2.45. The molecule has 0 radical (unpaired) electrons. The van der Waals surface area contributed by atoms with Crippen molar-refractivity contribution in [2.45, 2.75) is 6.92 Å². The highest BCUT2D eigenvalue weighted by Crippen LogP contribution is 2.25. The van der Waals surface area contributed by atoms with Crippen molar-refractivity contribution in [3.63, 3.8) is 0 Å². The summed E-state index contributed by atoms with van der Waals surface area (Å²) in [5.74, 6) is 2.47. The molecule has 9 heteroatoms. The molecule has 1 fully saturated rings. The molecule has 0 atom stereocenters. The fourth-order valence-corrected chi connectivity index (χ4v) is 4.27. The molecule has 1 aromatic carbocycles. The van der Waals surface area contributed by atoms with E-state index in [-0.39, 0.29) is 6.01 Å². The van der Waals surface area contributed by atoms with Crippen molar-refractivity contribution in [3.05, 3.63) is 58.3 Å². The second-order valence-electron chi connectivity index (χ2n) is 7.92. The van der Waals surface area contributed by atoms with Gasteiger partial charge in [-0.25, -0.2) is 0 Å². The van der Waals surface area contributed by atoms with Gasteiger partial charge in [-0.15, -0.1) is 11.3 Å². The summed E-state index contributed by atoms with van der Waals surface area (Å²) >= 11 is 1.71. The van der Waals surface area contributed by atoms with Gasteiger partial charge in [-0.05, 0) is 49.2 Å². The first-order valence-electron chi connectivity index (χ1n) is 10.6. The molecule has 0 bridgehead atoms. The summed E-state index contributed by atoms with van der Waals surface area (Å²) in [5, 5.41) is 5.33. The topological polar surface area (TPSA) is 78.8 Å². The van der Waals surface area contributed by atoms with Gasteiger partial charge in [0.15, 0.2) is 0 Å². The van der Waals surface area contributed by atoms with E-state index in [0.29, 0.717) is 24.2 Å². The first kappa shape index (κ1) is 20.6. The zero-order valence-corrected chi connectivity index (χ0v) is 19.0. The Morgan fingerprint density at radius 1 is 1.00 bits per heavy atom. The van der Waals surface area contributed by atoms with Gasteiger partial charge in [-0.2, -0.15) is 15.0 Å². The normalized spacial score (nSPS) is 16.6. The van der Waals surface area contributed by atoms with Crippen LogP contribution in [0.1, 0.15) is 10.4 Å². The SMILES string of the molecule is Cc1ccc(Oc2nc(NC3=NCC(c4cccs4)=C3)nc(N3CCN(C)CC3)n2)cc1. The minimum absolute atomic E-state index is 0.265. The quantitative estimate of drug-likeness (QED) is 0.639. The molecule has 0 aliphatic carbocycles. The summed E-state index contributed by atoms with van der Waals surface area (Å²) in [5.41, 5.74) is 2.35. The summed E-state index contributed by atoms with van der Waals surface area (Å²) in [7, 11) is 2.12. The van der Waals surface area contributed by atoms with Crippen LogP contribution in [0, 0.1) is 6.92 Å². The average Bonchev–Trinajstić information content (AvgIpc) is 3.48. The molecule has 2 aromatic heterocycles. The van der Waals surface area contributed by atoms with E-state index in [1.54, 1.807) is 11.3 Å². The Hall–Kier alpha value is -3.30. The Bertz CT molecular complexity index is 1130. The number of ether oxygens (including phenoxy) is 1.